The van der Waals surface area contributed by atoms with Gasteiger partial charge in [-0.05, 0) is 37.8 Å². The fraction of sp³-hybridized carbons (Fsp3) is 1.00. The first kappa shape index (κ1) is 10.7. The average Bonchev–Trinajstić information content (AvgIpc) is 2.86. The molecule has 0 radical (unpaired) electrons. The van der Waals surface area contributed by atoms with E-state index in [1.54, 1.807) is 0 Å². The van der Waals surface area contributed by atoms with Gasteiger partial charge in [0.1, 0.15) is 0 Å². The van der Waals surface area contributed by atoms with Crippen molar-refractivity contribution in [1.29, 1.82) is 0 Å². The molecule has 0 aliphatic heterocycles. The van der Waals surface area contributed by atoms with Crippen molar-refractivity contribution >= 4 is 23.4 Å². The summed E-state index contributed by atoms with van der Waals surface area (Å²) >= 11 is 7.67. The van der Waals surface area contributed by atoms with E-state index in [0.717, 1.165) is 18.5 Å². The molecular weight excluding hydrogens is 190 g/mol. The lowest BCUT2D eigenvalue weighted by atomic mass is 10.4. The summed E-state index contributed by atoms with van der Waals surface area (Å²) in [5, 5.41) is 0. The van der Waals surface area contributed by atoms with Crippen LogP contribution in [0.2, 0.25) is 0 Å². The van der Waals surface area contributed by atoms with Crippen molar-refractivity contribution in [1.82, 2.24) is 4.90 Å². The maximum absolute atomic E-state index is 5.73. The normalized spacial score (nSPS) is 17.2. The van der Waals surface area contributed by atoms with Crippen LogP contribution in [0.1, 0.15) is 19.3 Å². The summed E-state index contributed by atoms with van der Waals surface area (Å²) in [6.45, 7) is 2.33. The molecule has 3 heteroatoms. The van der Waals surface area contributed by atoms with Gasteiger partial charge in [-0.2, -0.15) is 11.8 Å². The Morgan fingerprint density at radius 1 is 1.42 bits per heavy atom. The lowest BCUT2D eigenvalue weighted by Crippen LogP contribution is -2.29. The predicted octanol–water partition coefficient (Wildman–Crippen LogP) is 2.44. The molecule has 1 saturated carbocycles. The van der Waals surface area contributed by atoms with Gasteiger partial charge in [-0.3, -0.25) is 4.90 Å². The summed E-state index contributed by atoms with van der Waals surface area (Å²) in [7, 11) is 0. The monoisotopic (exact) mass is 207 g/mol. The van der Waals surface area contributed by atoms with E-state index in [4.69, 9.17) is 11.6 Å². The van der Waals surface area contributed by atoms with Gasteiger partial charge < -0.3 is 0 Å². The summed E-state index contributed by atoms with van der Waals surface area (Å²) in [6.07, 6.45) is 6.28. The molecule has 0 saturated heterocycles. The Bertz CT molecular complexity index is 117. The van der Waals surface area contributed by atoms with Crippen LogP contribution in [0.25, 0.3) is 0 Å². The number of halogens is 1. The quantitative estimate of drug-likeness (QED) is 0.466. The van der Waals surface area contributed by atoms with Crippen LogP contribution >= 0.6 is 23.4 Å². The Hall–Kier alpha value is 0.600. The Kier molecular flexibility index (Phi) is 5.44. The Morgan fingerprint density at radius 2 is 2.17 bits per heavy atom. The van der Waals surface area contributed by atoms with Gasteiger partial charge in [-0.1, -0.05) is 0 Å². The molecular formula is C9H18ClNS. The molecule has 0 aromatic heterocycles. The third kappa shape index (κ3) is 4.01. The minimum Gasteiger partial charge on any atom is -0.299 e. The van der Waals surface area contributed by atoms with Gasteiger partial charge in [0.05, 0.1) is 0 Å². The molecule has 0 N–H and O–H groups in total. The Morgan fingerprint density at radius 3 is 2.67 bits per heavy atom. The molecule has 1 rings (SSSR count). The largest absolute Gasteiger partial charge is 0.299 e. The highest BCUT2D eigenvalue weighted by atomic mass is 35.5. The lowest BCUT2D eigenvalue weighted by Gasteiger charge is -2.20. The molecule has 1 aliphatic carbocycles. The first-order valence-corrected chi connectivity index (χ1v) is 6.60. The summed E-state index contributed by atoms with van der Waals surface area (Å²) in [5.74, 6) is 2.07. The van der Waals surface area contributed by atoms with E-state index in [2.05, 4.69) is 11.2 Å². The number of rotatable bonds is 7. The zero-order valence-corrected chi connectivity index (χ0v) is 9.33. The topological polar surface area (TPSA) is 3.24 Å². The molecule has 0 aromatic carbocycles. The molecule has 1 nitrogen and oxygen atoms in total. The fourth-order valence-corrected chi connectivity index (χ4v) is 2.07. The first-order chi connectivity index (χ1) is 5.88. The Balaban J connectivity index is 2.05. The van der Waals surface area contributed by atoms with Crippen molar-refractivity contribution < 1.29 is 0 Å². The highest BCUT2D eigenvalue weighted by Crippen LogP contribution is 2.26. The van der Waals surface area contributed by atoms with Crippen LogP contribution in [0, 0.1) is 0 Å². The van der Waals surface area contributed by atoms with Gasteiger partial charge >= 0.3 is 0 Å². The third-order valence-corrected chi connectivity index (χ3v) is 3.09. The van der Waals surface area contributed by atoms with Crippen molar-refractivity contribution in [3.8, 4) is 0 Å². The number of hydrogen-bond acceptors (Lipinski definition) is 2. The maximum Gasteiger partial charge on any atom is 0.0351 e. The van der Waals surface area contributed by atoms with Gasteiger partial charge in [-0.25, -0.2) is 0 Å². The highest BCUT2D eigenvalue weighted by molar-refractivity contribution is 7.98. The molecule has 12 heavy (non-hydrogen) atoms. The molecule has 0 heterocycles. The zero-order chi connectivity index (χ0) is 8.81. The second-order valence-corrected chi connectivity index (χ2v) is 4.67. The second kappa shape index (κ2) is 6.11. The standard InChI is InChI=1S/C9H18ClNS/c1-12-8-2-6-11(7-5-10)9-3-4-9/h9H,2-8H2,1H3. The lowest BCUT2D eigenvalue weighted by molar-refractivity contribution is 0.281. The number of nitrogens with zero attached hydrogens (tertiary/aromatic N) is 1. The molecule has 1 fully saturated rings. The average molecular weight is 208 g/mol. The van der Waals surface area contributed by atoms with Crippen molar-refractivity contribution in [3.05, 3.63) is 0 Å². The summed E-state index contributed by atoms with van der Waals surface area (Å²) in [4.78, 5) is 2.54. The molecule has 0 aromatic rings. The van der Waals surface area contributed by atoms with E-state index >= 15 is 0 Å². The number of hydrogen-bond donors (Lipinski definition) is 0. The third-order valence-electron chi connectivity index (χ3n) is 2.23. The maximum atomic E-state index is 5.73. The summed E-state index contributed by atoms with van der Waals surface area (Å²) in [5.41, 5.74) is 0. The van der Waals surface area contributed by atoms with E-state index in [1.807, 2.05) is 11.8 Å². The minimum atomic E-state index is 0.787. The van der Waals surface area contributed by atoms with E-state index in [1.165, 1.54) is 31.6 Å². The van der Waals surface area contributed by atoms with Gasteiger partial charge in [-0.15, -0.1) is 11.6 Å². The summed E-state index contributed by atoms with van der Waals surface area (Å²) in [6, 6.07) is 0.880. The van der Waals surface area contributed by atoms with Crippen LogP contribution in [-0.4, -0.2) is 41.9 Å². The molecule has 72 valence electrons. The predicted molar refractivity (Wildman–Crippen MR) is 58.3 cm³/mol. The molecule has 0 unspecified atom stereocenters. The van der Waals surface area contributed by atoms with E-state index in [0.29, 0.717) is 0 Å². The summed E-state index contributed by atoms with van der Waals surface area (Å²) < 4.78 is 0. The number of alkyl halides is 1. The molecule has 1 aliphatic rings. The molecule has 0 amide bonds. The smallest absolute Gasteiger partial charge is 0.0351 e. The van der Waals surface area contributed by atoms with Crippen LogP contribution in [0.4, 0.5) is 0 Å². The van der Waals surface area contributed by atoms with Crippen molar-refractivity contribution in [2.45, 2.75) is 25.3 Å². The highest BCUT2D eigenvalue weighted by Gasteiger charge is 2.27. The molecule has 0 atom stereocenters. The van der Waals surface area contributed by atoms with Crippen LogP contribution < -0.4 is 0 Å². The van der Waals surface area contributed by atoms with Gasteiger partial charge in [0, 0.05) is 18.5 Å². The number of thioether (sulfide) groups is 1. The van der Waals surface area contributed by atoms with Gasteiger partial charge in [0.25, 0.3) is 0 Å². The van der Waals surface area contributed by atoms with Gasteiger partial charge in [0.15, 0.2) is 0 Å². The Labute approximate surface area is 84.8 Å². The van der Waals surface area contributed by atoms with E-state index < -0.39 is 0 Å². The van der Waals surface area contributed by atoms with Crippen molar-refractivity contribution in [2.75, 3.05) is 31.0 Å². The molecule has 0 spiro atoms. The van der Waals surface area contributed by atoms with Crippen molar-refractivity contribution in [3.63, 3.8) is 0 Å². The van der Waals surface area contributed by atoms with Crippen LogP contribution in [0.15, 0.2) is 0 Å². The second-order valence-electron chi connectivity index (χ2n) is 3.30. The van der Waals surface area contributed by atoms with E-state index in [-0.39, 0.29) is 0 Å². The zero-order valence-electron chi connectivity index (χ0n) is 7.76. The van der Waals surface area contributed by atoms with Crippen LogP contribution in [0.5, 0.6) is 0 Å². The first-order valence-electron chi connectivity index (χ1n) is 4.67. The van der Waals surface area contributed by atoms with Crippen LogP contribution in [-0.2, 0) is 0 Å². The van der Waals surface area contributed by atoms with E-state index in [9.17, 15) is 0 Å². The van der Waals surface area contributed by atoms with Crippen molar-refractivity contribution in [2.24, 2.45) is 0 Å². The molecule has 0 bridgehead atoms. The van der Waals surface area contributed by atoms with Gasteiger partial charge in [0.2, 0.25) is 0 Å². The fourth-order valence-electron chi connectivity index (χ4n) is 1.44. The SMILES string of the molecule is CSCCCN(CCCl)C1CC1. The minimum absolute atomic E-state index is 0.787. The van der Waals surface area contributed by atoms with Crippen LogP contribution in [0.3, 0.4) is 0 Å².